The number of fused-ring (bicyclic) bond motifs is 2. The van der Waals surface area contributed by atoms with Crippen LogP contribution in [0.25, 0.3) is 11.2 Å². The van der Waals surface area contributed by atoms with Crippen molar-refractivity contribution in [2.45, 2.75) is 30.5 Å². The van der Waals surface area contributed by atoms with Gasteiger partial charge in [-0.05, 0) is 35.6 Å². The van der Waals surface area contributed by atoms with Crippen molar-refractivity contribution in [1.82, 2.24) is 23.4 Å². The molecule has 1 amide bonds. The zero-order valence-corrected chi connectivity index (χ0v) is 21.3. The summed E-state index contributed by atoms with van der Waals surface area (Å²) in [5, 5.41) is -0.526. The zero-order valence-electron chi connectivity index (χ0n) is 20.5. The Morgan fingerprint density at radius 3 is 2.51 bits per heavy atom. The van der Waals surface area contributed by atoms with Crippen LogP contribution in [0.3, 0.4) is 0 Å². The molecule has 0 bridgehead atoms. The number of sulfonamides is 1. The number of nitrogens with zero attached hydrogens (tertiary/aromatic N) is 4. The number of carbonyl (C=O) groups excluding carboxylic acids is 1. The number of imidazole rings is 1. The van der Waals surface area contributed by atoms with Crippen molar-refractivity contribution in [2.75, 3.05) is 7.11 Å². The van der Waals surface area contributed by atoms with Gasteiger partial charge in [-0.15, -0.1) is 0 Å². The van der Waals surface area contributed by atoms with Crippen molar-refractivity contribution in [3.63, 3.8) is 0 Å². The lowest BCUT2D eigenvalue weighted by Gasteiger charge is -2.15. The summed E-state index contributed by atoms with van der Waals surface area (Å²) in [5.74, 6) is -0.742. The number of benzene rings is 2. The molecule has 11 nitrogen and oxygen atoms in total. The molecule has 0 aliphatic heterocycles. The topological polar surface area (TPSA) is 134 Å². The molecule has 2 aromatic heterocycles. The van der Waals surface area contributed by atoms with Crippen LogP contribution in [0.4, 0.5) is 0 Å². The number of aryl methyl sites for hydroxylation is 1. The van der Waals surface area contributed by atoms with Gasteiger partial charge in [-0.1, -0.05) is 42.5 Å². The van der Waals surface area contributed by atoms with Crippen molar-refractivity contribution in [1.29, 1.82) is 0 Å². The molecular weight excluding hydrogens is 498 g/mol. The Hall–Kier alpha value is -4.19. The molecule has 0 saturated heterocycles. The molecule has 0 radical (unpaired) electrons. The van der Waals surface area contributed by atoms with Gasteiger partial charge in [-0.2, -0.15) is 8.42 Å². The van der Waals surface area contributed by atoms with Crippen LogP contribution < -0.4 is 20.7 Å². The highest BCUT2D eigenvalue weighted by atomic mass is 32.2. The van der Waals surface area contributed by atoms with E-state index in [1.54, 1.807) is 49.6 Å². The number of methoxy groups -OCH3 is 1. The predicted molar refractivity (Wildman–Crippen MR) is 135 cm³/mol. The van der Waals surface area contributed by atoms with Gasteiger partial charge in [0, 0.05) is 14.1 Å². The number of aromatic nitrogens is 4. The van der Waals surface area contributed by atoms with Crippen molar-refractivity contribution in [2.24, 2.45) is 14.1 Å². The fourth-order valence-corrected chi connectivity index (χ4v) is 6.07. The fraction of sp³-hybridized carbons (Fsp3) is 0.280. The standard InChI is InChI=1S/C25H25N5O6S/c1-28-22-20(23(32)29(2)25(28)33)26-24(30(22)14-15-8-5-4-6-9-15)37(34,35)27-21(31)18-13-12-17-16(18)10-7-11-19(17)36-3/h4-11,18H,12-14H2,1-3H3,(H,27,31). The number of ether oxygens (including phenoxy) is 1. The Morgan fingerprint density at radius 1 is 1.08 bits per heavy atom. The van der Waals surface area contributed by atoms with Gasteiger partial charge in [-0.25, -0.2) is 14.5 Å². The second-order valence-corrected chi connectivity index (χ2v) is 10.5. The zero-order chi connectivity index (χ0) is 26.5. The van der Waals surface area contributed by atoms with E-state index < -0.39 is 38.3 Å². The average molecular weight is 524 g/mol. The molecule has 2 heterocycles. The van der Waals surface area contributed by atoms with E-state index in [2.05, 4.69) is 9.71 Å². The third-order valence-corrected chi connectivity index (χ3v) is 7.99. The summed E-state index contributed by atoms with van der Waals surface area (Å²) in [6, 6.07) is 14.3. The minimum atomic E-state index is -4.53. The van der Waals surface area contributed by atoms with Crippen molar-refractivity contribution in [3.8, 4) is 5.75 Å². The SMILES string of the molecule is COc1cccc2c1CCC2C(=O)NS(=O)(=O)c1nc2c(=O)n(C)c(=O)n(C)c2n1Cc1ccccc1. The van der Waals surface area contributed by atoms with E-state index in [9.17, 15) is 22.8 Å². The summed E-state index contributed by atoms with van der Waals surface area (Å²) in [6.45, 7) is 0.00564. The smallest absolute Gasteiger partial charge is 0.332 e. The van der Waals surface area contributed by atoms with E-state index >= 15 is 0 Å². The lowest BCUT2D eigenvalue weighted by atomic mass is 10.0. The second-order valence-electron chi connectivity index (χ2n) is 8.93. The van der Waals surface area contributed by atoms with Crippen LogP contribution in [0.5, 0.6) is 5.75 Å². The molecule has 1 unspecified atom stereocenters. The number of nitrogens with one attached hydrogen (secondary N) is 1. The van der Waals surface area contributed by atoms with Gasteiger partial charge in [0.05, 0.1) is 19.6 Å². The van der Waals surface area contributed by atoms with Crippen LogP contribution in [0.2, 0.25) is 0 Å². The Morgan fingerprint density at radius 2 is 1.81 bits per heavy atom. The molecule has 0 fully saturated rings. The minimum Gasteiger partial charge on any atom is -0.496 e. The highest BCUT2D eigenvalue weighted by molar-refractivity contribution is 7.89. The van der Waals surface area contributed by atoms with E-state index in [4.69, 9.17) is 4.74 Å². The molecule has 0 spiro atoms. The third kappa shape index (κ3) is 4.02. The highest BCUT2D eigenvalue weighted by Crippen LogP contribution is 2.38. The van der Waals surface area contributed by atoms with Gasteiger partial charge in [-0.3, -0.25) is 23.3 Å². The molecule has 1 atom stereocenters. The predicted octanol–water partition coefficient (Wildman–Crippen LogP) is 1.03. The lowest BCUT2D eigenvalue weighted by molar-refractivity contribution is -0.120. The molecule has 37 heavy (non-hydrogen) atoms. The second kappa shape index (κ2) is 9.04. The monoisotopic (exact) mass is 523 g/mol. The normalized spacial score (nSPS) is 15.1. The van der Waals surface area contributed by atoms with Crippen molar-refractivity contribution in [3.05, 3.63) is 86.1 Å². The highest BCUT2D eigenvalue weighted by Gasteiger charge is 2.35. The number of hydrogen-bond donors (Lipinski definition) is 1. The van der Waals surface area contributed by atoms with E-state index in [1.165, 1.54) is 23.2 Å². The first-order valence-corrected chi connectivity index (χ1v) is 13.0. The van der Waals surface area contributed by atoms with Crippen molar-refractivity contribution < 1.29 is 17.9 Å². The maximum Gasteiger partial charge on any atom is 0.332 e. The Bertz CT molecular complexity index is 1770. The van der Waals surface area contributed by atoms with E-state index in [0.717, 1.165) is 15.7 Å². The molecular formula is C25H25N5O6S. The number of amides is 1. The fourth-order valence-electron chi connectivity index (χ4n) is 4.92. The molecule has 1 N–H and O–H groups in total. The first-order valence-electron chi connectivity index (χ1n) is 11.6. The number of rotatable bonds is 6. The van der Waals surface area contributed by atoms with Gasteiger partial charge < -0.3 is 4.74 Å². The van der Waals surface area contributed by atoms with Crippen LogP contribution in [0, 0.1) is 0 Å². The van der Waals surface area contributed by atoms with Gasteiger partial charge in [0.25, 0.3) is 20.7 Å². The Labute approximate surface area is 212 Å². The molecule has 5 rings (SSSR count). The molecule has 12 heteroatoms. The summed E-state index contributed by atoms with van der Waals surface area (Å²) >= 11 is 0. The van der Waals surface area contributed by atoms with E-state index in [-0.39, 0.29) is 17.7 Å². The summed E-state index contributed by atoms with van der Waals surface area (Å²) in [5.41, 5.74) is 0.790. The molecule has 192 valence electrons. The molecule has 2 aromatic carbocycles. The quantitative estimate of drug-likeness (QED) is 0.399. The van der Waals surface area contributed by atoms with Crippen LogP contribution >= 0.6 is 0 Å². The largest absolute Gasteiger partial charge is 0.496 e. The molecule has 0 saturated carbocycles. The third-order valence-electron chi connectivity index (χ3n) is 6.73. The minimum absolute atomic E-state index is 0.00564. The molecule has 1 aliphatic carbocycles. The van der Waals surface area contributed by atoms with E-state index in [0.29, 0.717) is 24.2 Å². The first kappa shape index (κ1) is 24.5. The summed E-state index contributed by atoms with van der Waals surface area (Å²) in [7, 11) is -0.256. The van der Waals surface area contributed by atoms with Gasteiger partial charge in [0.1, 0.15) is 5.75 Å². The van der Waals surface area contributed by atoms with Gasteiger partial charge in [0.15, 0.2) is 11.2 Å². The average Bonchev–Trinajstić information content (AvgIpc) is 3.49. The first-order chi connectivity index (χ1) is 17.6. The maximum atomic E-state index is 13.6. The van der Waals surface area contributed by atoms with Crippen LogP contribution in [0.1, 0.15) is 29.0 Å². The van der Waals surface area contributed by atoms with Gasteiger partial charge in [0.2, 0.25) is 5.91 Å². The van der Waals surface area contributed by atoms with Crippen LogP contribution in [-0.4, -0.2) is 40.1 Å². The van der Waals surface area contributed by atoms with Crippen LogP contribution in [-0.2, 0) is 41.9 Å². The Balaban J connectivity index is 1.61. The molecule has 4 aromatic rings. The number of carbonyl (C=O) groups is 1. The maximum absolute atomic E-state index is 13.6. The lowest BCUT2D eigenvalue weighted by Crippen LogP contribution is -2.37. The summed E-state index contributed by atoms with van der Waals surface area (Å²) in [4.78, 5) is 42.9. The van der Waals surface area contributed by atoms with E-state index in [1.807, 2.05) is 6.07 Å². The van der Waals surface area contributed by atoms with Gasteiger partial charge >= 0.3 is 5.69 Å². The summed E-state index contributed by atoms with van der Waals surface area (Å²) < 4.78 is 38.0. The Kier molecular flexibility index (Phi) is 5.98. The summed E-state index contributed by atoms with van der Waals surface area (Å²) in [6.07, 6.45) is 0.995. The van der Waals surface area contributed by atoms with Crippen LogP contribution in [0.15, 0.2) is 63.3 Å². The number of hydrogen-bond acceptors (Lipinski definition) is 7. The molecule has 1 aliphatic rings. The van der Waals surface area contributed by atoms with Crippen molar-refractivity contribution >= 4 is 27.1 Å².